The van der Waals surface area contributed by atoms with E-state index >= 15 is 0 Å². The van der Waals surface area contributed by atoms with Crippen molar-refractivity contribution < 1.29 is 24.2 Å². The molecule has 0 bridgehead atoms. The summed E-state index contributed by atoms with van der Waals surface area (Å²) in [6.45, 7) is 4.71. The number of methoxy groups -OCH3 is 1. The van der Waals surface area contributed by atoms with Gasteiger partial charge < -0.3 is 19.5 Å². The van der Waals surface area contributed by atoms with Crippen LogP contribution in [0.4, 0.5) is 0 Å². The van der Waals surface area contributed by atoms with E-state index < -0.39 is 17.7 Å². The molecule has 31 heavy (non-hydrogen) atoms. The van der Waals surface area contributed by atoms with Crippen molar-refractivity contribution in [3.8, 4) is 5.75 Å². The van der Waals surface area contributed by atoms with Crippen LogP contribution in [-0.4, -0.2) is 48.6 Å². The summed E-state index contributed by atoms with van der Waals surface area (Å²) in [5.74, 6) is -1.06. The van der Waals surface area contributed by atoms with Gasteiger partial charge in [-0.1, -0.05) is 36.4 Å². The first-order chi connectivity index (χ1) is 15.0. The lowest BCUT2D eigenvalue weighted by molar-refractivity contribution is -0.140. The summed E-state index contributed by atoms with van der Waals surface area (Å²) in [7, 11) is 1.58. The number of aliphatic hydroxyl groups is 1. The molecule has 1 N–H and O–H groups in total. The van der Waals surface area contributed by atoms with Crippen LogP contribution in [0.2, 0.25) is 5.02 Å². The third-order valence-corrected chi connectivity index (χ3v) is 5.20. The third-order valence-electron chi connectivity index (χ3n) is 4.95. The van der Waals surface area contributed by atoms with Crippen LogP contribution in [0.3, 0.4) is 0 Å². The van der Waals surface area contributed by atoms with Gasteiger partial charge >= 0.3 is 0 Å². The Morgan fingerprint density at radius 1 is 1.23 bits per heavy atom. The maximum Gasteiger partial charge on any atom is 0.295 e. The quantitative estimate of drug-likeness (QED) is 0.206. The SMILES string of the molecule is C=CCOc1cccc(C2C(=C(O)c3ccc(Cl)cc3)C(=O)C(=O)N2CCCOC)c1. The van der Waals surface area contributed by atoms with Gasteiger partial charge in [-0.15, -0.1) is 0 Å². The normalized spacial score (nSPS) is 17.7. The molecule has 2 aromatic rings. The predicted molar refractivity (Wildman–Crippen MR) is 119 cm³/mol. The summed E-state index contributed by atoms with van der Waals surface area (Å²) in [5, 5.41) is 11.5. The monoisotopic (exact) mass is 441 g/mol. The highest BCUT2D eigenvalue weighted by Gasteiger charge is 2.45. The average molecular weight is 442 g/mol. The number of hydrogen-bond donors (Lipinski definition) is 1. The third kappa shape index (κ3) is 4.98. The Hall–Kier alpha value is -3.09. The van der Waals surface area contributed by atoms with Gasteiger partial charge in [0.05, 0.1) is 11.6 Å². The number of likely N-dealkylation sites (tertiary alicyclic amines) is 1. The molecule has 1 aliphatic heterocycles. The Bertz CT molecular complexity index is 999. The highest BCUT2D eigenvalue weighted by molar-refractivity contribution is 6.46. The number of rotatable bonds is 9. The molecule has 3 rings (SSSR count). The molecule has 7 heteroatoms. The van der Waals surface area contributed by atoms with Gasteiger partial charge in [0.25, 0.3) is 11.7 Å². The Morgan fingerprint density at radius 2 is 1.97 bits per heavy atom. The lowest BCUT2D eigenvalue weighted by atomic mass is 9.95. The highest BCUT2D eigenvalue weighted by atomic mass is 35.5. The summed E-state index contributed by atoms with van der Waals surface area (Å²) >= 11 is 5.95. The lowest BCUT2D eigenvalue weighted by Gasteiger charge is -2.25. The van der Waals surface area contributed by atoms with Gasteiger partial charge in [-0.25, -0.2) is 0 Å². The van der Waals surface area contributed by atoms with Gasteiger partial charge in [0, 0.05) is 30.8 Å². The highest BCUT2D eigenvalue weighted by Crippen LogP contribution is 2.40. The largest absolute Gasteiger partial charge is 0.507 e. The molecule has 0 saturated carbocycles. The van der Waals surface area contributed by atoms with Crippen LogP contribution in [0.25, 0.3) is 5.76 Å². The van der Waals surface area contributed by atoms with E-state index in [1.54, 1.807) is 61.7 Å². The number of nitrogens with zero attached hydrogens (tertiary/aromatic N) is 1. The molecular weight excluding hydrogens is 418 g/mol. The molecule has 1 saturated heterocycles. The van der Waals surface area contributed by atoms with E-state index in [-0.39, 0.29) is 11.3 Å². The molecule has 1 atom stereocenters. The molecule has 6 nitrogen and oxygen atoms in total. The van der Waals surface area contributed by atoms with E-state index in [9.17, 15) is 14.7 Å². The number of aliphatic hydroxyl groups excluding tert-OH is 1. The molecule has 1 aliphatic rings. The Morgan fingerprint density at radius 3 is 2.65 bits per heavy atom. The maximum absolute atomic E-state index is 13.0. The lowest BCUT2D eigenvalue weighted by Crippen LogP contribution is -2.31. The van der Waals surface area contributed by atoms with E-state index in [2.05, 4.69) is 6.58 Å². The van der Waals surface area contributed by atoms with Crippen LogP contribution in [0, 0.1) is 0 Å². The molecule has 1 unspecified atom stereocenters. The average Bonchev–Trinajstić information content (AvgIpc) is 3.03. The number of halogens is 1. The zero-order valence-electron chi connectivity index (χ0n) is 17.2. The molecule has 162 valence electrons. The number of benzene rings is 2. The van der Waals surface area contributed by atoms with Crippen LogP contribution in [0.15, 0.2) is 66.8 Å². The van der Waals surface area contributed by atoms with Crippen LogP contribution >= 0.6 is 11.6 Å². The first-order valence-corrected chi connectivity index (χ1v) is 10.2. The minimum absolute atomic E-state index is 0.0330. The van der Waals surface area contributed by atoms with Gasteiger partial charge in [-0.05, 0) is 48.4 Å². The number of amides is 1. The summed E-state index contributed by atoms with van der Waals surface area (Å²) in [6, 6.07) is 12.8. The zero-order valence-corrected chi connectivity index (χ0v) is 18.0. The summed E-state index contributed by atoms with van der Waals surface area (Å²) in [5.41, 5.74) is 1.10. The Labute approximate surface area is 186 Å². The molecule has 1 heterocycles. The summed E-state index contributed by atoms with van der Waals surface area (Å²) in [6.07, 6.45) is 2.18. The Kier molecular flexibility index (Phi) is 7.50. The van der Waals surface area contributed by atoms with Crippen molar-refractivity contribution in [1.29, 1.82) is 0 Å². The van der Waals surface area contributed by atoms with Crippen molar-refractivity contribution in [2.45, 2.75) is 12.5 Å². The van der Waals surface area contributed by atoms with Gasteiger partial charge in [-0.2, -0.15) is 0 Å². The fraction of sp³-hybridized carbons (Fsp3) is 0.250. The second kappa shape index (κ2) is 10.3. The van der Waals surface area contributed by atoms with Crippen molar-refractivity contribution >= 4 is 29.1 Å². The molecule has 1 fully saturated rings. The maximum atomic E-state index is 13.0. The number of carbonyl (C=O) groups is 2. The van der Waals surface area contributed by atoms with Gasteiger partial charge in [0.1, 0.15) is 18.1 Å². The Balaban J connectivity index is 2.10. The van der Waals surface area contributed by atoms with Crippen molar-refractivity contribution in [2.75, 3.05) is 26.9 Å². The predicted octanol–water partition coefficient (Wildman–Crippen LogP) is 4.36. The van der Waals surface area contributed by atoms with E-state index in [1.807, 2.05) is 0 Å². The van der Waals surface area contributed by atoms with E-state index in [1.165, 1.54) is 4.90 Å². The van der Waals surface area contributed by atoms with Gasteiger partial charge in [0.2, 0.25) is 0 Å². The van der Waals surface area contributed by atoms with Crippen molar-refractivity contribution in [3.05, 3.63) is 82.9 Å². The fourth-order valence-electron chi connectivity index (χ4n) is 3.53. The molecule has 0 aliphatic carbocycles. The topological polar surface area (TPSA) is 76.1 Å². The van der Waals surface area contributed by atoms with Gasteiger partial charge in [0.15, 0.2) is 0 Å². The number of ether oxygens (including phenoxy) is 2. The van der Waals surface area contributed by atoms with Crippen molar-refractivity contribution in [1.82, 2.24) is 4.90 Å². The molecular formula is C24H24ClNO5. The van der Waals surface area contributed by atoms with E-state index in [0.717, 1.165) is 0 Å². The zero-order chi connectivity index (χ0) is 22.4. The van der Waals surface area contributed by atoms with Crippen LogP contribution < -0.4 is 4.74 Å². The molecule has 0 spiro atoms. The molecule has 2 aromatic carbocycles. The molecule has 0 aromatic heterocycles. The number of Topliss-reactive ketones (excluding diaryl/α,β-unsaturated/α-hetero) is 1. The van der Waals surface area contributed by atoms with Crippen LogP contribution in [0.5, 0.6) is 5.75 Å². The minimum atomic E-state index is -0.750. The minimum Gasteiger partial charge on any atom is -0.507 e. The number of hydrogen-bond acceptors (Lipinski definition) is 5. The standard InChI is InChI=1S/C24H24ClNO5/c1-3-13-31-19-7-4-6-17(15-19)21-20(22(27)16-8-10-18(25)11-9-16)23(28)24(29)26(21)12-5-14-30-2/h3-4,6-11,15,21,27H,1,5,12-14H2,2H3. The van der Waals surface area contributed by atoms with Crippen molar-refractivity contribution in [2.24, 2.45) is 0 Å². The number of carbonyl (C=O) groups excluding carboxylic acids is 2. The second-order valence-electron chi connectivity index (χ2n) is 7.02. The van der Waals surface area contributed by atoms with Crippen LogP contribution in [0.1, 0.15) is 23.6 Å². The summed E-state index contributed by atoms with van der Waals surface area (Å²) < 4.78 is 10.7. The second-order valence-corrected chi connectivity index (χ2v) is 7.45. The van der Waals surface area contributed by atoms with Crippen molar-refractivity contribution in [3.63, 3.8) is 0 Å². The van der Waals surface area contributed by atoms with E-state index in [0.29, 0.717) is 48.1 Å². The van der Waals surface area contributed by atoms with Gasteiger partial charge in [-0.3, -0.25) is 9.59 Å². The fourth-order valence-corrected chi connectivity index (χ4v) is 3.66. The smallest absolute Gasteiger partial charge is 0.295 e. The summed E-state index contributed by atoms with van der Waals surface area (Å²) in [4.78, 5) is 27.3. The molecule has 1 amide bonds. The number of ketones is 1. The first-order valence-electron chi connectivity index (χ1n) is 9.85. The molecule has 0 radical (unpaired) electrons. The van der Waals surface area contributed by atoms with E-state index in [4.69, 9.17) is 21.1 Å². The first kappa shape index (κ1) is 22.6. The van der Waals surface area contributed by atoms with Crippen LogP contribution in [-0.2, 0) is 14.3 Å².